The van der Waals surface area contributed by atoms with E-state index < -0.39 is 0 Å². The lowest BCUT2D eigenvalue weighted by Gasteiger charge is -2.14. The maximum Gasteiger partial charge on any atom is 0.309 e. The van der Waals surface area contributed by atoms with E-state index in [1.165, 1.54) is 25.7 Å². The van der Waals surface area contributed by atoms with Gasteiger partial charge in [0.25, 0.3) is 0 Å². The van der Waals surface area contributed by atoms with Gasteiger partial charge in [-0.05, 0) is 18.4 Å². The van der Waals surface area contributed by atoms with Crippen molar-refractivity contribution in [2.45, 2.75) is 65.4 Å². The molecule has 0 amide bonds. The third kappa shape index (κ3) is 6.74. The third-order valence-electron chi connectivity index (χ3n) is 3.71. The van der Waals surface area contributed by atoms with Crippen molar-refractivity contribution in [1.29, 1.82) is 0 Å². The van der Waals surface area contributed by atoms with Crippen molar-refractivity contribution in [1.82, 2.24) is 0 Å². The van der Waals surface area contributed by atoms with E-state index in [0.717, 1.165) is 24.8 Å². The van der Waals surface area contributed by atoms with Crippen LogP contribution in [0.15, 0.2) is 30.3 Å². The average Bonchev–Trinajstić information content (AvgIpc) is 2.49. The molecular formula is C18H28O2. The van der Waals surface area contributed by atoms with Crippen LogP contribution >= 0.6 is 0 Å². The van der Waals surface area contributed by atoms with Crippen molar-refractivity contribution in [2.75, 3.05) is 0 Å². The minimum absolute atomic E-state index is 0.0353. The van der Waals surface area contributed by atoms with Crippen molar-refractivity contribution in [3.63, 3.8) is 0 Å². The van der Waals surface area contributed by atoms with Crippen molar-refractivity contribution >= 4 is 5.97 Å². The quantitative estimate of drug-likeness (QED) is 0.438. The molecular weight excluding hydrogens is 248 g/mol. The highest BCUT2D eigenvalue weighted by Crippen LogP contribution is 2.17. The number of unbranched alkanes of at least 4 members (excludes halogenated alkanes) is 4. The first kappa shape index (κ1) is 16.7. The summed E-state index contributed by atoms with van der Waals surface area (Å²) < 4.78 is 5.42. The zero-order chi connectivity index (χ0) is 14.6. The fourth-order valence-electron chi connectivity index (χ4n) is 2.33. The van der Waals surface area contributed by atoms with Crippen molar-refractivity contribution in [2.24, 2.45) is 5.92 Å². The highest BCUT2D eigenvalue weighted by Gasteiger charge is 2.17. The van der Waals surface area contributed by atoms with Gasteiger partial charge in [0.05, 0.1) is 5.92 Å². The second kappa shape index (κ2) is 10.5. The Morgan fingerprint density at radius 1 is 1.05 bits per heavy atom. The van der Waals surface area contributed by atoms with E-state index in [1.54, 1.807) is 0 Å². The molecule has 1 aromatic carbocycles. The average molecular weight is 276 g/mol. The number of esters is 1. The van der Waals surface area contributed by atoms with Gasteiger partial charge in [0.1, 0.15) is 6.61 Å². The fourth-order valence-corrected chi connectivity index (χ4v) is 2.33. The van der Waals surface area contributed by atoms with E-state index in [9.17, 15) is 4.79 Å². The molecule has 0 aliphatic carbocycles. The molecule has 1 aromatic rings. The molecule has 1 unspecified atom stereocenters. The number of hydrogen-bond donors (Lipinski definition) is 0. The fraction of sp³-hybridized carbons (Fsp3) is 0.611. The number of rotatable bonds is 10. The van der Waals surface area contributed by atoms with E-state index >= 15 is 0 Å². The number of benzene rings is 1. The minimum Gasteiger partial charge on any atom is -0.461 e. The van der Waals surface area contributed by atoms with Gasteiger partial charge in [0, 0.05) is 0 Å². The maximum atomic E-state index is 12.0. The summed E-state index contributed by atoms with van der Waals surface area (Å²) in [6.07, 6.45) is 8.06. The second-order valence-corrected chi connectivity index (χ2v) is 5.40. The Bertz CT molecular complexity index is 359. The standard InChI is InChI=1S/C18H28O2/c1-3-5-6-7-11-14-17(4-2)18(19)20-15-16-12-9-8-10-13-16/h8-10,12-13,17H,3-7,11,14-15H2,1-2H3. The van der Waals surface area contributed by atoms with E-state index in [1.807, 2.05) is 30.3 Å². The summed E-state index contributed by atoms with van der Waals surface area (Å²) in [7, 11) is 0. The zero-order valence-electron chi connectivity index (χ0n) is 12.9. The molecule has 1 atom stereocenters. The number of ether oxygens (including phenoxy) is 1. The van der Waals surface area contributed by atoms with Gasteiger partial charge in [0.15, 0.2) is 0 Å². The first-order valence-electron chi connectivity index (χ1n) is 7.98. The van der Waals surface area contributed by atoms with Crippen molar-refractivity contribution in [3.8, 4) is 0 Å². The van der Waals surface area contributed by atoms with Crippen LogP contribution in [0.4, 0.5) is 0 Å². The van der Waals surface area contributed by atoms with Crippen LogP contribution in [0.2, 0.25) is 0 Å². The monoisotopic (exact) mass is 276 g/mol. The van der Waals surface area contributed by atoms with Crippen LogP contribution in [-0.2, 0) is 16.1 Å². The van der Waals surface area contributed by atoms with Crippen LogP contribution in [0.25, 0.3) is 0 Å². The molecule has 0 bridgehead atoms. The Morgan fingerprint density at radius 3 is 2.40 bits per heavy atom. The molecule has 0 spiro atoms. The molecule has 0 radical (unpaired) electrons. The third-order valence-corrected chi connectivity index (χ3v) is 3.71. The van der Waals surface area contributed by atoms with E-state index in [0.29, 0.717) is 6.61 Å². The molecule has 0 heterocycles. The van der Waals surface area contributed by atoms with Crippen LogP contribution in [0, 0.1) is 5.92 Å². The molecule has 0 aromatic heterocycles. The smallest absolute Gasteiger partial charge is 0.309 e. The molecule has 0 saturated heterocycles. The van der Waals surface area contributed by atoms with Gasteiger partial charge in [-0.3, -0.25) is 4.79 Å². The van der Waals surface area contributed by atoms with Gasteiger partial charge in [-0.15, -0.1) is 0 Å². The summed E-state index contributed by atoms with van der Waals surface area (Å²) in [5, 5.41) is 0. The molecule has 0 fully saturated rings. The topological polar surface area (TPSA) is 26.3 Å². The van der Waals surface area contributed by atoms with E-state index in [2.05, 4.69) is 13.8 Å². The Labute approximate surface area is 123 Å². The van der Waals surface area contributed by atoms with Gasteiger partial charge in [-0.25, -0.2) is 0 Å². The normalized spacial score (nSPS) is 12.1. The Kier molecular flexibility index (Phi) is 8.77. The summed E-state index contributed by atoms with van der Waals surface area (Å²) >= 11 is 0. The highest BCUT2D eigenvalue weighted by molar-refractivity contribution is 5.72. The summed E-state index contributed by atoms with van der Waals surface area (Å²) in [5.74, 6) is 0.0344. The van der Waals surface area contributed by atoms with Crippen LogP contribution in [-0.4, -0.2) is 5.97 Å². The summed E-state index contributed by atoms with van der Waals surface area (Å²) in [4.78, 5) is 12.0. The lowest BCUT2D eigenvalue weighted by atomic mass is 9.98. The van der Waals surface area contributed by atoms with Crippen LogP contribution in [0.3, 0.4) is 0 Å². The Morgan fingerprint density at radius 2 is 1.75 bits per heavy atom. The highest BCUT2D eigenvalue weighted by atomic mass is 16.5. The summed E-state index contributed by atoms with van der Waals surface area (Å²) in [6.45, 7) is 4.68. The zero-order valence-corrected chi connectivity index (χ0v) is 12.9. The predicted octanol–water partition coefficient (Wildman–Crippen LogP) is 5.12. The first-order valence-corrected chi connectivity index (χ1v) is 7.98. The molecule has 112 valence electrons. The summed E-state index contributed by atoms with van der Waals surface area (Å²) in [6, 6.07) is 9.87. The maximum absolute atomic E-state index is 12.0. The van der Waals surface area contributed by atoms with Gasteiger partial charge in [0.2, 0.25) is 0 Å². The van der Waals surface area contributed by atoms with Crippen molar-refractivity contribution in [3.05, 3.63) is 35.9 Å². The van der Waals surface area contributed by atoms with Crippen molar-refractivity contribution < 1.29 is 9.53 Å². The number of hydrogen-bond acceptors (Lipinski definition) is 2. The predicted molar refractivity (Wildman–Crippen MR) is 83.4 cm³/mol. The second-order valence-electron chi connectivity index (χ2n) is 5.40. The van der Waals surface area contributed by atoms with Crippen LogP contribution in [0.1, 0.15) is 64.4 Å². The van der Waals surface area contributed by atoms with Gasteiger partial charge < -0.3 is 4.74 Å². The molecule has 0 N–H and O–H groups in total. The van der Waals surface area contributed by atoms with E-state index in [4.69, 9.17) is 4.74 Å². The lowest BCUT2D eigenvalue weighted by molar-refractivity contribution is -0.150. The SMILES string of the molecule is CCCCCCCC(CC)C(=O)OCc1ccccc1. The van der Waals surface area contributed by atoms with Crippen LogP contribution in [0.5, 0.6) is 0 Å². The molecule has 0 aliphatic rings. The van der Waals surface area contributed by atoms with E-state index in [-0.39, 0.29) is 11.9 Å². The molecule has 2 nitrogen and oxygen atoms in total. The Balaban J connectivity index is 2.24. The molecule has 2 heteroatoms. The van der Waals surface area contributed by atoms with Gasteiger partial charge in [-0.2, -0.15) is 0 Å². The Hall–Kier alpha value is -1.31. The van der Waals surface area contributed by atoms with Gasteiger partial charge in [-0.1, -0.05) is 76.3 Å². The number of carbonyl (C=O) groups excluding carboxylic acids is 1. The minimum atomic E-state index is -0.0353. The van der Waals surface area contributed by atoms with Crippen LogP contribution < -0.4 is 0 Å². The molecule has 0 saturated carbocycles. The largest absolute Gasteiger partial charge is 0.461 e. The molecule has 20 heavy (non-hydrogen) atoms. The van der Waals surface area contributed by atoms with Gasteiger partial charge >= 0.3 is 5.97 Å². The first-order chi connectivity index (χ1) is 9.77. The number of carbonyl (C=O) groups is 1. The molecule has 0 aliphatic heterocycles. The molecule has 1 rings (SSSR count). The lowest BCUT2D eigenvalue weighted by Crippen LogP contribution is -2.17. The summed E-state index contributed by atoms with van der Waals surface area (Å²) in [5.41, 5.74) is 1.05.